The lowest BCUT2D eigenvalue weighted by molar-refractivity contribution is -0.139. The number of anilines is 2. The van der Waals surface area contributed by atoms with E-state index in [2.05, 4.69) is 41.4 Å². The van der Waals surface area contributed by atoms with Gasteiger partial charge in [-0.1, -0.05) is 0 Å². The van der Waals surface area contributed by atoms with Crippen LogP contribution in [0.1, 0.15) is 31.7 Å². The van der Waals surface area contributed by atoms with Crippen LogP contribution in [0.3, 0.4) is 0 Å². The van der Waals surface area contributed by atoms with Crippen LogP contribution < -0.4 is 15.8 Å². The molecule has 14 heteroatoms. The van der Waals surface area contributed by atoms with Crippen molar-refractivity contribution in [3.8, 4) is 0 Å². The molecule has 2 fully saturated rings. The van der Waals surface area contributed by atoms with Crippen LogP contribution >= 0.6 is 15.9 Å². The van der Waals surface area contributed by atoms with Crippen LogP contribution in [0.2, 0.25) is 0 Å². The van der Waals surface area contributed by atoms with Gasteiger partial charge in [-0.25, -0.2) is 15.1 Å². The van der Waals surface area contributed by atoms with E-state index in [0.29, 0.717) is 49.1 Å². The summed E-state index contributed by atoms with van der Waals surface area (Å²) in [5, 5.41) is 9.22. The number of aromatic amines is 1. The SMILES string of the molecule is C[C@@H](CO[C@@H]1CCN(C2CCN(c3ncc(C(F)(F)F)cn3)CC2)C1=O)Nc1cn[nH]c(=O)c1Br. The average Bonchev–Trinajstić information content (AvgIpc) is 3.20. The lowest BCUT2D eigenvalue weighted by Gasteiger charge is -2.36. The van der Waals surface area contributed by atoms with E-state index in [9.17, 15) is 22.8 Å². The highest BCUT2D eigenvalue weighted by Gasteiger charge is 2.38. The maximum absolute atomic E-state index is 12.9. The Morgan fingerprint density at radius 2 is 1.86 bits per heavy atom. The third-order valence-corrected chi connectivity index (χ3v) is 6.88. The first-order valence-electron chi connectivity index (χ1n) is 11.2. The summed E-state index contributed by atoms with van der Waals surface area (Å²) < 4.78 is 44.4. The van der Waals surface area contributed by atoms with E-state index in [1.165, 1.54) is 6.20 Å². The number of nitrogens with zero attached hydrogens (tertiary/aromatic N) is 5. The minimum absolute atomic E-state index is 0.0374. The fourth-order valence-corrected chi connectivity index (χ4v) is 4.56. The maximum atomic E-state index is 12.9. The van der Waals surface area contributed by atoms with Gasteiger partial charge in [0.2, 0.25) is 5.95 Å². The highest BCUT2D eigenvalue weighted by molar-refractivity contribution is 9.10. The monoisotopic (exact) mass is 559 g/mol. The van der Waals surface area contributed by atoms with Crippen LogP contribution in [0.5, 0.6) is 0 Å². The van der Waals surface area contributed by atoms with Crippen molar-refractivity contribution in [1.29, 1.82) is 0 Å². The van der Waals surface area contributed by atoms with Crippen molar-refractivity contribution < 1.29 is 22.7 Å². The molecular formula is C21H25BrF3N7O3. The van der Waals surface area contributed by atoms with Crippen LogP contribution in [0, 0.1) is 0 Å². The molecule has 0 spiro atoms. The normalized spacial score (nSPS) is 20.4. The molecule has 0 aromatic carbocycles. The lowest BCUT2D eigenvalue weighted by Crippen LogP contribution is -2.47. The number of hydrogen-bond acceptors (Lipinski definition) is 8. The van der Waals surface area contributed by atoms with Crippen molar-refractivity contribution in [3.63, 3.8) is 0 Å². The Balaban J connectivity index is 1.24. The van der Waals surface area contributed by atoms with E-state index in [1.807, 2.05) is 16.7 Å². The van der Waals surface area contributed by atoms with E-state index in [1.54, 1.807) is 0 Å². The Hall–Kier alpha value is -2.74. The summed E-state index contributed by atoms with van der Waals surface area (Å²) in [6.45, 7) is 3.84. The van der Waals surface area contributed by atoms with E-state index in [0.717, 1.165) is 12.4 Å². The van der Waals surface area contributed by atoms with Gasteiger partial charge in [-0.2, -0.15) is 18.3 Å². The number of halogens is 4. The van der Waals surface area contributed by atoms with Crippen LogP contribution in [0.15, 0.2) is 27.9 Å². The molecule has 2 aliphatic rings. The number of alkyl halides is 3. The molecule has 190 valence electrons. The second-order valence-corrected chi connectivity index (χ2v) is 9.40. The van der Waals surface area contributed by atoms with E-state index >= 15 is 0 Å². The number of likely N-dealkylation sites (tertiary alicyclic amines) is 1. The number of ether oxygens (including phenoxy) is 1. The number of nitrogens with one attached hydrogen (secondary N) is 2. The third-order valence-electron chi connectivity index (χ3n) is 6.09. The number of piperidine rings is 1. The predicted molar refractivity (Wildman–Crippen MR) is 124 cm³/mol. The molecule has 0 aliphatic carbocycles. The molecule has 1 amide bonds. The van der Waals surface area contributed by atoms with Gasteiger partial charge in [0.1, 0.15) is 10.6 Å². The Morgan fingerprint density at radius 3 is 2.51 bits per heavy atom. The van der Waals surface area contributed by atoms with Crippen LogP contribution in [0.25, 0.3) is 0 Å². The summed E-state index contributed by atoms with van der Waals surface area (Å²) in [5.41, 5.74) is -0.690. The summed E-state index contributed by atoms with van der Waals surface area (Å²) in [6.07, 6.45) is 0.00719. The molecule has 2 aliphatic heterocycles. The van der Waals surface area contributed by atoms with Gasteiger partial charge in [-0.3, -0.25) is 9.59 Å². The molecule has 0 unspecified atom stereocenters. The van der Waals surface area contributed by atoms with E-state index in [-0.39, 0.29) is 36.1 Å². The van der Waals surface area contributed by atoms with Gasteiger partial charge in [-0.05, 0) is 35.7 Å². The summed E-state index contributed by atoms with van der Waals surface area (Å²) in [6, 6.07) is -0.126. The Kier molecular flexibility index (Phi) is 7.59. The summed E-state index contributed by atoms with van der Waals surface area (Å²) in [4.78, 5) is 36.0. The first-order valence-corrected chi connectivity index (χ1v) is 12.0. The molecule has 4 heterocycles. The molecular weight excluding hydrogens is 535 g/mol. The first-order chi connectivity index (χ1) is 16.6. The average molecular weight is 560 g/mol. The van der Waals surface area contributed by atoms with Crippen molar-refractivity contribution in [2.24, 2.45) is 0 Å². The number of amides is 1. The molecule has 35 heavy (non-hydrogen) atoms. The van der Waals surface area contributed by atoms with Crippen LogP contribution in [0.4, 0.5) is 24.8 Å². The molecule has 4 rings (SSSR count). The van der Waals surface area contributed by atoms with Gasteiger partial charge in [0.15, 0.2) is 0 Å². The highest BCUT2D eigenvalue weighted by atomic mass is 79.9. The number of carbonyl (C=O) groups excluding carboxylic acids is 1. The smallest absolute Gasteiger partial charge is 0.378 e. The number of aromatic nitrogens is 4. The summed E-state index contributed by atoms with van der Waals surface area (Å²) >= 11 is 3.21. The standard InChI is InChI=1S/C21H25BrF3N7O3/c1-12(29-15-10-28-30-18(33)17(15)22)11-35-16-4-7-32(19(16)34)14-2-5-31(6-3-14)20-26-8-13(9-27-20)21(23,24)25/h8-10,12,14,16H,2-7,11H2,1H3,(H2,29,30,33)/t12-,16+/m0/s1. The van der Waals surface area contributed by atoms with Crippen molar-refractivity contribution in [3.05, 3.63) is 39.0 Å². The first kappa shape index (κ1) is 25.4. The van der Waals surface area contributed by atoms with Crippen LogP contribution in [-0.2, 0) is 15.7 Å². The van der Waals surface area contributed by atoms with E-state index in [4.69, 9.17) is 4.74 Å². The van der Waals surface area contributed by atoms with Crippen molar-refractivity contribution in [2.45, 2.75) is 50.6 Å². The largest absolute Gasteiger partial charge is 0.419 e. The molecule has 2 aromatic heterocycles. The Morgan fingerprint density at radius 1 is 1.17 bits per heavy atom. The van der Waals surface area contributed by atoms with Crippen molar-refractivity contribution in [1.82, 2.24) is 25.1 Å². The van der Waals surface area contributed by atoms with Crippen LogP contribution in [-0.4, -0.2) is 75.4 Å². The second kappa shape index (κ2) is 10.5. The molecule has 10 nitrogen and oxygen atoms in total. The molecule has 2 saturated heterocycles. The molecule has 2 aromatic rings. The fraction of sp³-hybridized carbons (Fsp3) is 0.571. The van der Waals surface area contributed by atoms with Gasteiger partial charge in [0.25, 0.3) is 11.5 Å². The number of carbonyl (C=O) groups is 1. The van der Waals surface area contributed by atoms with Gasteiger partial charge in [0, 0.05) is 50.5 Å². The zero-order valence-corrected chi connectivity index (χ0v) is 20.5. The highest BCUT2D eigenvalue weighted by Crippen LogP contribution is 2.29. The lowest BCUT2D eigenvalue weighted by atomic mass is 10.0. The minimum atomic E-state index is -4.47. The molecule has 2 atom stereocenters. The number of hydrogen-bond donors (Lipinski definition) is 2. The number of rotatable bonds is 7. The zero-order valence-electron chi connectivity index (χ0n) is 18.9. The minimum Gasteiger partial charge on any atom is -0.378 e. The Labute approximate surface area is 207 Å². The van der Waals surface area contributed by atoms with Gasteiger partial charge >= 0.3 is 6.18 Å². The quantitative estimate of drug-likeness (QED) is 0.531. The second-order valence-electron chi connectivity index (χ2n) is 8.60. The molecule has 0 radical (unpaired) electrons. The topological polar surface area (TPSA) is 116 Å². The predicted octanol–water partition coefficient (Wildman–Crippen LogP) is 2.43. The fourth-order valence-electron chi connectivity index (χ4n) is 4.25. The van der Waals surface area contributed by atoms with Gasteiger partial charge in [0.05, 0.1) is 24.1 Å². The summed E-state index contributed by atoms with van der Waals surface area (Å²) in [5.74, 6) is 0.203. The van der Waals surface area contributed by atoms with Crippen molar-refractivity contribution >= 4 is 33.5 Å². The number of H-pyrrole nitrogens is 1. The van der Waals surface area contributed by atoms with Gasteiger partial charge < -0.3 is 19.9 Å². The molecule has 2 N–H and O–H groups in total. The van der Waals surface area contributed by atoms with Crippen molar-refractivity contribution in [2.75, 3.05) is 36.5 Å². The molecule has 0 bridgehead atoms. The summed E-state index contributed by atoms with van der Waals surface area (Å²) in [7, 11) is 0. The maximum Gasteiger partial charge on any atom is 0.419 e. The van der Waals surface area contributed by atoms with E-state index < -0.39 is 17.8 Å². The zero-order chi connectivity index (χ0) is 25.2. The molecule has 0 saturated carbocycles. The third kappa shape index (κ3) is 5.92. The Bertz CT molecular complexity index is 1090. The van der Waals surface area contributed by atoms with Gasteiger partial charge in [-0.15, -0.1) is 0 Å².